The number of benzene rings is 4. The quantitative estimate of drug-likeness (QED) is 0.215. The molecule has 0 aliphatic heterocycles. The predicted molar refractivity (Wildman–Crippen MR) is 124 cm³/mol. The van der Waals surface area contributed by atoms with Crippen LogP contribution >= 0.6 is 0 Å². The molecular formula is C27H16FIrN4O-. The van der Waals surface area contributed by atoms with Crippen molar-refractivity contribution in [2.75, 3.05) is 0 Å². The molecule has 0 bridgehead atoms. The normalized spacial score (nSPS) is 10.9. The summed E-state index contributed by atoms with van der Waals surface area (Å²) >= 11 is 0. The van der Waals surface area contributed by atoms with Crippen LogP contribution < -0.4 is 0 Å². The van der Waals surface area contributed by atoms with Gasteiger partial charge in [0.15, 0.2) is 6.39 Å². The number of nitrogens with zero attached hydrogens (tertiary/aromatic N) is 4. The summed E-state index contributed by atoms with van der Waals surface area (Å²) in [7, 11) is 0. The molecule has 5 nitrogen and oxygen atoms in total. The molecule has 6 aromatic rings. The number of oxazole rings is 1. The van der Waals surface area contributed by atoms with Gasteiger partial charge < -0.3 is 4.42 Å². The summed E-state index contributed by atoms with van der Waals surface area (Å²) in [6, 6.07) is 30.6. The molecule has 0 fully saturated rings. The second-order valence-corrected chi connectivity index (χ2v) is 7.47. The third-order valence-corrected chi connectivity index (χ3v) is 5.55. The van der Waals surface area contributed by atoms with Crippen molar-refractivity contribution in [1.29, 1.82) is 0 Å². The van der Waals surface area contributed by atoms with Gasteiger partial charge in [-0.05, 0) is 11.1 Å². The van der Waals surface area contributed by atoms with E-state index in [-0.39, 0.29) is 25.7 Å². The molecule has 167 valence electrons. The summed E-state index contributed by atoms with van der Waals surface area (Å²) in [5.41, 5.74) is 5.85. The van der Waals surface area contributed by atoms with Crippen LogP contribution in [0.4, 0.5) is 4.39 Å². The Bertz CT molecular complexity index is 1520. The van der Waals surface area contributed by atoms with Crippen molar-refractivity contribution in [3.8, 4) is 39.3 Å². The van der Waals surface area contributed by atoms with E-state index in [1.165, 1.54) is 18.8 Å². The van der Waals surface area contributed by atoms with Gasteiger partial charge in [-0.15, -0.1) is 12.1 Å². The molecule has 0 amide bonds. The van der Waals surface area contributed by atoms with Crippen molar-refractivity contribution in [2.24, 2.45) is 0 Å². The predicted octanol–water partition coefficient (Wildman–Crippen LogP) is 6.35. The molecule has 1 radical (unpaired) electrons. The van der Waals surface area contributed by atoms with Crippen LogP contribution in [0.3, 0.4) is 0 Å². The van der Waals surface area contributed by atoms with E-state index in [1.54, 1.807) is 4.68 Å². The number of hydrogen-bond donors (Lipinski definition) is 0. The average molecular weight is 624 g/mol. The molecule has 7 heteroatoms. The third-order valence-electron chi connectivity index (χ3n) is 5.55. The Morgan fingerprint density at radius 2 is 1.44 bits per heavy atom. The molecule has 0 spiro atoms. The van der Waals surface area contributed by atoms with Crippen molar-refractivity contribution in [3.63, 3.8) is 0 Å². The van der Waals surface area contributed by atoms with Crippen LogP contribution in [0.1, 0.15) is 0 Å². The second kappa shape index (κ2) is 9.14. The molecule has 0 atom stereocenters. The Labute approximate surface area is 208 Å². The molecule has 34 heavy (non-hydrogen) atoms. The Morgan fingerprint density at radius 1 is 0.794 bits per heavy atom. The summed E-state index contributed by atoms with van der Waals surface area (Å²) in [6.07, 6.45) is 2.70. The van der Waals surface area contributed by atoms with Gasteiger partial charge in [-0.25, -0.2) is 0 Å². The number of aromatic nitrogens is 4. The molecule has 0 unspecified atom stereocenters. The summed E-state index contributed by atoms with van der Waals surface area (Å²) in [5.74, 6) is -0.0264. The fraction of sp³-hybridized carbons (Fsp3) is 0. The largest absolute Gasteiger partial charge is 0.461 e. The standard InChI is InChI=1S/C27H16FN4O.Ir/c28-23-15-14-22(24-26(23)33-17-30-24)27-29-16-31-32(27)25-20(18-8-3-1-4-9-18)12-7-13-21(25)19-10-5-2-6-11-19;/h1-13,15-17H;/q-1;. The molecular weight excluding hydrogens is 608 g/mol. The van der Waals surface area contributed by atoms with Crippen LogP contribution in [0.2, 0.25) is 0 Å². The first-order valence-corrected chi connectivity index (χ1v) is 10.4. The molecule has 2 aromatic heterocycles. The monoisotopic (exact) mass is 624 g/mol. The maximum absolute atomic E-state index is 14.2. The van der Waals surface area contributed by atoms with E-state index in [1.807, 2.05) is 42.5 Å². The van der Waals surface area contributed by atoms with Gasteiger partial charge in [0.1, 0.15) is 11.9 Å². The van der Waals surface area contributed by atoms with Gasteiger partial charge in [-0.2, -0.15) is 5.10 Å². The topological polar surface area (TPSA) is 56.7 Å². The number of hydrogen-bond acceptors (Lipinski definition) is 4. The van der Waals surface area contributed by atoms with E-state index in [0.29, 0.717) is 16.9 Å². The fourth-order valence-electron chi connectivity index (χ4n) is 4.08. The summed E-state index contributed by atoms with van der Waals surface area (Å²) in [6.45, 7) is 0. The molecule has 0 aliphatic rings. The zero-order valence-electron chi connectivity index (χ0n) is 17.6. The van der Waals surface area contributed by atoms with Crippen LogP contribution in [-0.4, -0.2) is 19.7 Å². The molecule has 0 N–H and O–H groups in total. The van der Waals surface area contributed by atoms with Crippen molar-refractivity contribution in [3.05, 3.63) is 110 Å². The molecule has 0 saturated carbocycles. The van der Waals surface area contributed by atoms with Gasteiger partial charge in [0.2, 0.25) is 0 Å². The van der Waals surface area contributed by atoms with E-state index < -0.39 is 5.82 Å². The fourth-order valence-corrected chi connectivity index (χ4v) is 4.08. The van der Waals surface area contributed by atoms with E-state index in [9.17, 15) is 4.39 Å². The number of fused-ring (bicyclic) bond motifs is 1. The minimum atomic E-state index is -0.521. The van der Waals surface area contributed by atoms with Crippen molar-refractivity contribution in [2.45, 2.75) is 0 Å². The van der Waals surface area contributed by atoms with Gasteiger partial charge in [-0.3, -0.25) is 19.0 Å². The Morgan fingerprint density at radius 3 is 2.09 bits per heavy atom. The Balaban J connectivity index is 0.00000241. The Kier molecular flexibility index (Phi) is 5.88. The first-order valence-electron chi connectivity index (χ1n) is 10.4. The minimum Gasteiger partial charge on any atom is -0.461 e. The van der Waals surface area contributed by atoms with Gasteiger partial charge >= 0.3 is 0 Å². The Hall–Kier alpha value is -3.93. The van der Waals surface area contributed by atoms with Crippen molar-refractivity contribution >= 4 is 11.1 Å². The first-order chi connectivity index (χ1) is 16.3. The summed E-state index contributed by atoms with van der Waals surface area (Å²) in [5, 5.41) is 4.58. The van der Waals surface area contributed by atoms with Crippen LogP contribution in [0.5, 0.6) is 0 Å². The second-order valence-electron chi connectivity index (χ2n) is 7.47. The minimum absolute atomic E-state index is 0. The SMILES string of the molecule is Fc1c[c-]c(-c2ncnn2-c2c(-c3ccccc3)cccc2-c2ccccc2)c2ncoc12.[Ir]. The van der Waals surface area contributed by atoms with Crippen LogP contribution in [0, 0.1) is 11.9 Å². The number of para-hydroxylation sites is 1. The number of rotatable bonds is 4. The van der Waals surface area contributed by atoms with E-state index in [0.717, 1.165) is 27.9 Å². The molecule has 0 saturated heterocycles. The molecule has 2 heterocycles. The van der Waals surface area contributed by atoms with Crippen LogP contribution in [-0.2, 0) is 20.1 Å². The van der Waals surface area contributed by atoms with E-state index >= 15 is 0 Å². The van der Waals surface area contributed by atoms with Gasteiger partial charge in [0.25, 0.3) is 0 Å². The van der Waals surface area contributed by atoms with Gasteiger partial charge in [0.05, 0.1) is 17.3 Å². The van der Waals surface area contributed by atoms with Crippen molar-refractivity contribution in [1.82, 2.24) is 19.7 Å². The number of halogens is 1. The van der Waals surface area contributed by atoms with Crippen LogP contribution in [0.25, 0.3) is 50.4 Å². The van der Waals surface area contributed by atoms with Gasteiger partial charge in [0, 0.05) is 36.7 Å². The van der Waals surface area contributed by atoms with Crippen LogP contribution in [0.15, 0.2) is 102 Å². The molecule has 0 aliphatic carbocycles. The summed E-state index contributed by atoms with van der Waals surface area (Å²) < 4.78 is 21.2. The molecule has 4 aromatic carbocycles. The van der Waals surface area contributed by atoms with E-state index in [2.05, 4.69) is 57.5 Å². The maximum atomic E-state index is 14.2. The zero-order valence-corrected chi connectivity index (χ0v) is 20.0. The smallest absolute Gasteiger partial charge is 0.170 e. The van der Waals surface area contributed by atoms with E-state index in [4.69, 9.17) is 4.42 Å². The van der Waals surface area contributed by atoms with Crippen molar-refractivity contribution < 1.29 is 28.9 Å². The third kappa shape index (κ3) is 3.65. The van der Waals surface area contributed by atoms with Gasteiger partial charge in [-0.1, -0.05) is 84.4 Å². The maximum Gasteiger partial charge on any atom is 0.170 e. The summed E-state index contributed by atoms with van der Waals surface area (Å²) in [4.78, 5) is 8.72. The first kappa shape index (κ1) is 21.9. The molecule has 6 rings (SSSR count). The average Bonchev–Trinajstić information content (AvgIpc) is 3.56. The zero-order chi connectivity index (χ0) is 22.2.